The van der Waals surface area contributed by atoms with Crippen molar-refractivity contribution in [2.24, 2.45) is 5.73 Å². The van der Waals surface area contributed by atoms with Gasteiger partial charge in [-0.3, -0.25) is 0 Å². The Balaban J connectivity index is 2.37. The summed E-state index contributed by atoms with van der Waals surface area (Å²) in [6.45, 7) is 4.20. The summed E-state index contributed by atoms with van der Waals surface area (Å²) in [4.78, 5) is 1.26. The second kappa shape index (κ2) is 6.12. The molecule has 0 aromatic heterocycles. The first-order chi connectivity index (χ1) is 9.02. The fourth-order valence-corrected chi connectivity index (χ4v) is 3.00. The topological polar surface area (TPSA) is 26.0 Å². The van der Waals surface area contributed by atoms with Crippen molar-refractivity contribution in [3.8, 4) is 0 Å². The Morgan fingerprint density at radius 1 is 1.05 bits per heavy atom. The molecule has 2 rings (SSSR count). The number of halogens is 1. The van der Waals surface area contributed by atoms with E-state index in [1.807, 2.05) is 0 Å². The van der Waals surface area contributed by atoms with Crippen molar-refractivity contribution in [2.45, 2.75) is 24.8 Å². The molecule has 1 unspecified atom stereocenters. The Morgan fingerprint density at radius 2 is 1.68 bits per heavy atom. The first-order valence-corrected chi connectivity index (χ1v) is 8.21. The summed E-state index contributed by atoms with van der Waals surface area (Å²) in [5.74, 6) is 0. The average molecular weight is 336 g/mol. The Labute approximate surface area is 127 Å². The smallest absolute Gasteiger partial charge is 0.0554 e. The number of benzene rings is 2. The maximum Gasteiger partial charge on any atom is 0.0554 e. The molecular formula is C16H18BrNS. The number of thioether (sulfide) groups is 1. The van der Waals surface area contributed by atoms with Crippen LogP contribution in [-0.4, -0.2) is 6.26 Å². The lowest BCUT2D eigenvalue weighted by Crippen LogP contribution is -2.13. The maximum absolute atomic E-state index is 6.41. The zero-order valence-corrected chi connectivity index (χ0v) is 13.8. The molecule has 100 valence electrons. The van der Waals surface area contributed by atoms with E-state index in [-0.39, 0.29) is 6.04 Å². The molecule has 0 aliphatic carbocycles. The first-order valence-electron chi connectivity index (χ1n) is 6.19. The second-order valence-electron chi connectivity index (χ2n) is 4.71. The third-order valence-corrected chi connectivity index (χ3v) is 4.96. The van der Waals surface area contributed by atoms with Gasteiger partial charge in [-0.1, -0.05) is 34.1 Å². The third kappa shape index (κ3) is 3.22. The Kier molecular flexibility index (Phi) is 4.71. The van der Waals surface area contributed by atoms with Crippen LogP contribution in [0.1, 0.15) is 28.3 Å². The molecule has 0 bridgehead atoms. The largest absolute Gasteiger partial charge is 0.320 e. The highest BCUT2D eigenvalue weighted by atomic mass is 79.9. The first kappa shape index (κ1) is 14.6. The van der Waals surface area contributed by atoms with Crippen molar-refractivity contribution in [3.63, 3.8) is 0 Å². The minimum absolute atomic E-state index is 0.0669. The van der Waals surface area contributed by atoms with Crippen LogP contribution in [0.2, 0.25) is 0 Å². The standard InChI is InChI=1S/C16H18BrNS/c1-10-9-15(17)11(2)8-14(10)16(18)12-4-6-13(19-3)7-5-12/h4-9,16H,18H2,1-3H3. The number of hydrogen-bond donors (Lipinski definition) is 1. The van der Waals surface area contributed by atoms with Gasteiger partial charge in [-0.15, -0.1) is 11.8 Å². The fraction of sp³-hybridized carbons (Fsp3) is 0.250. The molecule has 0 saturated carbocycles. The van der Waals surface area contributed by atoms with Crippen molar-refractivity contribution >= 4 is 27.7 Å². The van der Waals surface area contributed by atoms with Crippen LogP contribution in [-0.2, 0) is 0 Å². The van der Waals surface area contributed by atoms with Crippen molar-refractivity contribution in [1.82, 2.24) is 0 Å². The highest BCUT2D eigenvalue weighted by molar-refractivity contribution is 9.10. The van der Waals surface area contributed by atoms with Gasteiger partial charge < -0.3 is 5.73 Å². The minimum Gasteiger partial charge on any atom is -0.320 e. The molecule has 0 aliphatic rings. The molecule has 0 amide bonds. The predicted octanol–water partition coefficient (Wildman–Crippen LogP) is 4.84. The lowest BCUT2D eigenvalue weighted by molar-refractivity contribution is 0.857. The Hall–Kier alpha value is -0.770. The van der Waals surface area contributed by atoms with E-state index in [0.717, 1.165) is 10.0 Å². The molecule has 3 heteroatoms. The van der Waals surface area contributed by atoms with Gasteiger partial charge in [0.25, 0.3) is 0 Å². The minimum atomic E-state index is -0.0669. The van der Waals surface area contributed by atoms with Gasteiger partial charge in [0.15, 0.2) is 0 Å². The highest BCUT2D eigenvalue weighted by Crippen LogP contribution is 2.28. The quantitative estimate of drug-likeness (QED) is 0.812. The molecule has 0 heterocycles. The Morgan fingerprint density at radius 3 is 2.26 bits per heavy atom. The van der Waals surface area contributed by atoms with E-state index < -0.39 is 0 Å². The average Bonchev–Trinajstić information content (AvgIpc) is 2.42. The van der Waals surface area contributed by atoms with Crippen LogP contribution in [0.4, 0.5) is 0 Å². The lowest BCUT2D eigenvalue weighted by atomic mass is 9.94. The van der Waals surface area contributed by atoms with Gasteiger partial charge in [-0.25, -0.2) is 0 Å². The van der Waals surface area contributed by atoms with Crippen molar-refractivity contribution in [1.29, 1.82) is 0 Å². The van der Waals surface area contributed by atoms with Gasteiger partial charge >= 0.3 is 0 Å². The van der Waals surface area contributed by atoms with Gasteiger partial charge in [0.2, 0.25) is 0 Å². The van der Waals surface area contributed by atoms with E-state index in [9.17, 15) is 0 Å². The molecule has 2 N–H and O–H groups in total. The number of nitrogens with two attached hydrogens (primary N) is 1. The SMILES string of the molecule is CSc1ccc(C(N)c2cc(C)c(Br)cc2C)cc1. The predicted molar refractivity (Wildman–Crippen MR) is 87.9 cm³/mol. The molecule has 19 heavy (non-hydrogen) atoms. The van der Waals surface area contributed by atoms with Crippen LogP contribution in [0, 0.1) is 13.8 Å². The molecule has 0 aliphatic heterocycles. The molecule has 0 spiro atoms. The normalized spacial score (nSPS) is 12.5. The molecule has 2 aromatic rings. The van der Waals surface area contributed by atoms with Crippen LogP contribution in [0.5, 0.6) is 0 Å². The van der Waals surface area contributed by atoms with Crippen molar-refractivity contribution in [2.75, 3.05) is 6.26 Å². The van der Waals surface area contributed by atoms with Gasteiger partial charge in [0.05, 0.1) is 6.04 Å². The summed E-state index contributed by atoms with van der Waals surface area (Å²) in [6.07, 6.45) is 2.08. The van der Waals surface area contributed by atoms with E-state index in [1.54, 1.807) is 11.8 Å². The van der Waals surface area contributed by atoms with Gasteiger partial charge in [0, 0.05) is 9.37 Å². The van der Waals surface area contributed by atoms with Crippen LogP contribution in [0.3, 0.4) is 0 Å². The molecule has 1 nitrogen and oxygen atoms in total. The van der Waals surface area contributed by atoms with E-state index >= 15 is 0 Å². The Bertz CT molecular complexity index is 578. The molecular weight excluding hydrogens is 318 g/mol. The van der Waals surface area contributed by atoms with E-state index in [0.29, 0.717) is 0 Å². The van der Waals surface area contributed by atoms with Crippen LogP contribution >= 0.6 is 27.7 Å². The molecule has 0 saturated heterocycles. The van der Waals surface area contributed by atoms with E-state index in [2.05, 4.69) is 72.4 Å². The van der Waals surface area contributed by atoms with Crippen LogP contribution < -0.4 is 5.73 Å². The molecule has 0 radical (unpaired) electrons. The summed E-state index contributed by atoms with van der Waals surface area (Å²) >= 11 is 5.31. The summed E-state index contributed by atoms with van der Waals surface area (Å²) in [5, 5.41) is 0. The molecule has 2 aromatic carbocycles. The van der Waals surface area contributed by atoms with Gasteiger partial charge in [-0.05, 0) is 60.6 Å². The zero-order chi connectivity index (χ0) is 14.0. The summed E-state index contributed by atoms with van der Waals surface area (Å²) < 4.78 is 1.14. The molecule has 0 fully saturated rings. The summed E-state index contributed by atoms with van der Waals surface area (Å²) in [7, 11) is 0. The van der Waals surface area contributed by atoms with E-state index in [1.165, 1.54) is 21.6 Å². The maximum atomic E-state index is 6.41. The second-order valence-corrected chi connectivity index (χ2v) is 6.44. The van der Waals surface area contributed by atoms with Crippen LogP contribution in [0.15, 0.2) is 45.8 Å². The highest BCUT2D eigenvalue weighted by Gasteiger charge is 2.13. The summed E-state index contributed by atoms with van der Waals surface area (Å²) in [6, 6.07) is 12.7. The lowest BCUT2D eigenvalue weighted by Gasteiger charge is -2.17. The zero-order valence-electron chi connectivity index (χ0n) is 11.4. The molecule has 1 atom stereocenters. The summed E-state index contributed by atoms with van der Waals surface area (Å²) in [5.41, 5.74) is 11.2. The van der Waals surface area contributed by atoms with E-state index in [4.69, 9.17) is 5.73 Å². The third-order valence-electron chi connectivity index (χ3n) is 3.36. The number of rotatable bonds is 3. The monoisotopic (exact) mass is 335 g/mol. The van der Waals surface area contributed by atoms with Crippen molar-refractivity contribution < 1.29 is 0 Å². The van der Waals surface area contributed by atoms with Gasteiger partial charge in [-0.2, -0.15) is 0 Å². The van der Waals surface area contributed by atoms with Crippen LogP contribution in [0.25, 0.3) is 0 Å². The number of hydrogen-bond acceptors (Lipinski definition) is 2. The number of aryl methyl sites for hydroxylation is 2. The van der Waals surface area contributed by atoms with Crippen molar-refractivity contribution in [3.05, 3.63) is 63.1 Å². The van der Waals surface area contributed by atoms with Gasteiger partial charge in [0.1, 0.15) is 0 Å². The fourth-order valence-electron chi connectivity index (χ4n) is 2.13.